The number of carboxylic acids is 1. The number of hydrogen-bond acceptors (Lipinski definition) is 4. The average molecular weight is 272 g/mol. The fourth-order valence-electron chi connectivity index (χ4n) is 2.39. The second kappa shape index (κ2) is 7.45. The third kappa shape index (κ3) is 5.57. The summed E-state index contributed by atoms with van der Waals surface area (Å²) in [6, 6.07) is 0. The first-order valence-electron chi connectivity index (χ1n) is 6.89. The standard InChI is InChI=1S/C13H24N2O4/c1-2-15-11(16)5-8-14-9-13(19)6-3-10(4-7-13)12(17)18/h10,14,19H,2-9H2,1H3,(H,15,16)(H,17,18). The van der Waals surface area contributed by atoms with Crippen LogP contribution < -0.4 is 10.6 Å². The van der Waals surface area contributed by atoms with Gasteiger partial charge in [-0.2, -0.15) is 0 Å². The van der Waals surface area contributed by atoms with E-state index in [1.165, 1.54) is 0 Å². The molecule has 1 saturated carbocycles. The van der Waals surface area contributed by atoms with Crippen molar-refractivity contribution < 1.29 is 19.8 Å². The maximum Gasteiger partial charge on any atom is 0.306 e. The first-order chi connectivity index (χ1) is 8.97. The third-order valence-electron chi connectivity index (χ3n) is 3.62. The molecule has 0 spiro atoms. The lowest BCUT2D eigenvalue weighted by molar-refractivity contribution is -0.144. The van der Waals surface area contributed by atoms with E-state index in [0.717, 1.165) is 0 Å². The van der Waals surface area contributed by atoms with Crippen molar-refractivity contribution in [2.75, 3.05) is 19.6 Å². The lowest BCUT2D eigenvalue weighted by atomic mass is 9.79. The maximum absolute atomic E-state index is 11.2. The van der Waals surface area contributed by atoms with E-state index in [2.05, 4.69) is 10.6 Å². The number of aliphatic carboxylic acids is 1. The van der Waals surface area contributed by atoms with Crippen molar-refractivity contribution in [2.45, 2.75) is 44.6 Å². The largest absolute Gasteiger partial charge is 0.481 e. The van der Waals surface area contributed by atoms with Gasteiger partial charge in [0.05, 0.1) is 11.5 Å². The van der Waals surface area contributed by atoms with Crippen LogP contribution in [0.25, 0.3) is 0 Å². The Balaban J connectivity index is 2.19. The highest BCUT2D eigenvalue weighted by Crippen LogP contribution is 2.31. The summed E-state index contributed by atoms with van der Waals surface area (Å²) in [6.07, 6.45) is 2.42. The van der Waals surface area contributed by atoms with Crippen LogP contribution >= 0.6 is 0 Å². The summed E-state index contributed by atoms with van der Waals surface area (Å²) in [6.45, 7) is 3.43. The Morgan fingerprint density at radius 3 is 2.47 bits per heavy atom. The summed E-state index contributed by atoms with van der Waals surface area (Å²) in [5.74, 6) is -1.10. The Morgan fingerprint density at radius 2 is 1.95 bits per heavy atom. The molecule has 1 rings (SSSR count). The van der Waals surface area contributed by atoms with Gasteiger partial charge in [-0.15, -0.1) is 0 Å². The smallest absolute Gasteiger partial charge is 0.306 e. The molecule has 0 atom stereocenters. The Morgan fingerprint density at radius 1 is 1.32 bits per heavy atom. The normalized spacial score (nSPS) is 26.9. The van der Waals surface area contributed by atoms with Gasteiger partial charge in [-0.1, -0.05) is 0 Å². The van der Waals surface area contributed by atoms with Crippen molar-refractivity contribution in [3.63, 3.8) is 0 Å². The van der Waals surface area contributed by atoms with Crippen LogP contribution in [0.1, 0.15) is 39.0 Å². The van der Waals surface area contributed by atoms with E-state index in [0.29, 0.717) is 51.7 Å². The van der Waals surface area contributed by atoms with Crippen LogP contribution in [0.15, 0.2) is 0 Å². The maximum atomic E-state index is 11.2. The molecule has 0 aliphatic heterocycles. The summed E-state index contributed by atoms with van der Waals surface area (Å²) in [5, 5.41) is 25.0. The highest BCUT2D eigenvalue weighted by molar-refractivity contribution is 5.75. The van der Waals surface area contributed by atoms with E-state index >= 15 is 0 Å². The van der Waals surface area contributed by atoms with Crippen molar-refractivity contribution in [3.8, 4) is 0 Å². The third-order valence-corrected chi connectivity index (χ3v) is 3.62. The van der Waals surface area contributed by atoms with E-state index in [4.69, 9.17) is 5.11 Å². The van der Waals surface area contributed by atoms with E-state index in [9.17, 15) is 14.7 Å². The molecule has 0 aromatic carbocycles. The molecule has 0 saturated heterocycles. The number of hydrogen-bond donors (Lipinski definition) is 4. The molecular formula is C13H24N2O4. The molecular weight excluding hydrogens is 248 g/mol. The van der Waals surface area contributed by atoms with Crippen LogP contribution in [0.4, 0.5) is 0 Å². The summed E-state index contributed by atoms with van der Waals surface area (Å²) in [4.78, 5) is 22.0. The van der Waals surface area contributed by atoms with Gasteiger partial charge in [0.2, 0.25) is 5.91 Å². The first-order valence-corrected chi connectivity index (χ1v) is 6.89. The molecule has 110 valence electrons. The number of aliphatic hydroxyl groups is 1. The molecule has 0 bridgehead atoms. The van der Waals surface area contributed by atoms with E-state index in [1.54, 1.807) is 0 Å². The van der Waals surface area contributed by atoms with Gasteiger partial charge in [-0.3, -0.25) is 9.59 Å². The monoisotopic (exact) mass is 272 g/mol. The number of amides is 1. The van der Waals surface area contributed by atoms with Crippen LogP contribution in [-0.4, -0.2) is 47.3 Å². The molecule has 0 unspecified atom stereocenters. The van der Waals surface area contributed by atoms with Crippen LogP contribution in [0.3, 0.4) is 0 Å². The molecule has 0 heterocycles. The highest BCUT2D eigenvalue weighted by Gasteiger charge is 2.35. The zero-order chi connectivity index (χ0) is 14.3. The SMILES string of the molecule is CCNC(=O)CCNCC1(O)CCC(C(=O)O)CC1. The van der Waals surface area contributed by atoms with Crippen molar-refractivity contribution in [1.29, 1.82) is 0 Å². The molecule has 1 fully saturated rings. The summed E-state index contributed by atoms with van der Waals surface area (Å²) < 4.78 is 0. The minimum absolute atomic E-state index is 0.00317. The summed E-state index contributed by atoms with van der Waals surface area (Å²) in [7, 11) is 0. The van der Waals surface area contributed by atoms with Crippen LogP contribution in [-0.2, 0) is 9.59 Å². The minimum atomic E-state index is -0.826. The summed E-state index contributed by atoms with van der Waals surface area (Å²) in [5.41, 5.74) is -0.826. The number of carbonyl (C=O) groups excluding carboxylic acids is 1. The van der Waals surface area contributed by atoms with Gasteiger partial charge >= 0.3 is 5.97 Å². The van der Waals surface area contributed by atoms with E-state index < -0.39 is 11.6 Å². The average Bonchev–Trinajstić information content (AvgIpc) is 2.36. The Labute approximate surface area is 113 Å². The van der Waals surface area contributed by atoms with E-state index in [1.807, 2.05) is 6.92 Å². The Kier molecular flexibility index (Phi) is 6.24. The van der Waals surface area contributed by atoms with Gasteiger partial charge < -0.3 is 20.8 Å². The number of rotatable bonds is 7. The second-order valence-electron chi connectivity index (χ2n) is 5.22. The summed E-state index contributed by atoms with van der Waals surface area (Å²) >= 11 is 0. The quantitative estimate of drug-likeness (QED) is 0.493. The predicted octanol–water partition coefficient (Wildman–Crippen LogP) is 0.108. The van der Waals surface area contributed by atoms with Crippen molar-refractivity contribution >= 4 is 11.9 Å². The molecule has 1 amide bonds. The lowest BCUT2D eigenvalue weighted by Gasteiger charge is -2.34. The lowest BCUT2D eigenvalue weighted by Crippen LogP contribution is -2.45. The van der Waals surface area contributed by atoms with Gasteiger partial charge in [0.25, 0.3) is 0 Å². The number of nitrogens with one attached hydrogen (secondary N) is 2. The van der Waals surface area contributed by atoms with Gasteiger partial charge in [-0.05, 0) is 32.6 Å². The van der Waals surface area contributed by atoms with Gasteiger partial charge in [0.15, 0.2) is 0 Å². The number of carboxylic acid groups (broad SMARTS) is 1. The van der Waals surface area contributed by atoms with Crippen LogP contribution in [0, 0.1) is 5.92 Å². The Bertz CT molecular complexity index is 312. The molecule has 0 aromatic heterocycles. The van der Waals surface area contributed by atoms with E-state index in [-0.39, 0.29) is 11.8 Å². The molecule has 0 radical (unpaired) electrons. The molecule has 4 N–H and O–H groups in total. The molecule has 0 aromatic rings. The molecule has 19 heavy (non-hydrogen) atoms. The van der Waals surface area contributed by atoms with Gasteiger partial charge in [0.1, 0.15) is 0 Å². The fourth-order valence-corrected chi connectivity index (χ4v) is 2.39. The van der Waals surface area contributed by atoms with Gasteiger partial charge in [0, 0.05) is 26.1 Å². The van der Waals surface area contributed by atoms with Crippen LogP contribution in [0.2, 0.25) is 0 Å². The first kappa shape index (κ1) is 15.9. The Hall–Kier alpha value is -1.14. The van der Waals surface area contributed by atoms with Crippen LogP contribution in [0.5, 0.6) is 0 Å². The topological polar surface area (TPSA) is 98.7 Å². The number of carbonyl (C=O) groups is 2. The molecule has 1 aliphatic rings. The van der Waals surface area contributed by atoms with Crippen molar-refractivity contribution in [2.24, 2.45) is 5.92 Å². The van der Waals surface area contributed by atoms with Crippen molar-refractivity contribution in [3.05, 3.63) is 0 Å². The minimum Gasteiger partial charge on any atom is -0.481 e. The fraction of sp³-hybridized carbons (Fsp3) is 0.846. The predicted molar refractivity (Wildman–Crippen MR) is 70.7 cm³/mol. The van der Waals surface area contributed by atoms with Crippen molar-refractivity contribution in [1.82, 2.24) is 10.6 Å². The zero-order valence-corrected chi connectivity index (χ0v) is 11.4. The van der Waals surface area contributed by atoms with Gasteiger partial charge in [-0.25, -0.2) is 0 Å². The molecule has 6 heteroatoms. The highest BCUT2D eigenvalue weighted by atomic mass is 16.4. The molecule has 6 nitrogen and oxygen atoms in total. The zero-order valence-electron chi connectivity index (χ0n) is 11.4. The molecule has 1 aliphatic carbocycles. The second-order valence-corrected chi connectivity index (χ2v) is 5.22.